The fraction of sp³-hybridized carbons (Fsp3) is 0.267. The summed E-state index contributed by atoms with van der Waals surface area (Å²) in [6.45, 7) is 2.08. The van der Waals surface area contributed by atoms with Crippen molar-refractivity contribution in [2.45, 2.75) is 19.4 Å². The van der Waals surface area contributed by atoms with E-state index in [4.69, 9.17) is 4.52 Å². The van der Waals surface area contributed by atoms with Crippen molar-refractivity contribution in [2.75, 3.05) is 7.05 Å². The normalized spacial score (nSPS) is 11.9. The van der Waals surface area contributed by atoms with Gasteiger partial charge in [0.15, 0.2) is 5.82 Å². The monoisotopic (exact) mass is 319 g/mol. The summed E-state index contributed by atoms with van der Waals surface area (Å²) < 4.78 is 7.26. The van der Waals surface area contributed by atoms with Gasteiger partial charge in [-0.15, -0.1) is 12.4 Å². The van der Waals surface area contributed by atoms with E-state index >= 15 is 0 Å². The highest BCUT2D eigenvalue weighted by molar-refractivity contribution is 5.85. The highest BCUT2D eigenvalue weighted by Crippen LogP contribution is 2.19. The van der Waals surface area contributed by atoms with Crippen LogP contribution in [-0.2, 0) is 6.42 Å². The Labute approximate surface area is 135 Å². The summed E-state index contributed by atoms with van der Waals surface area (Å²) in [4.78, 5) is 8.46. The van der Waals surface area contributed by atoms with Crippen LogP contribution in [-0.4, -0.2) is 32.8 Å². The standard InChI is InChI=1S/C15H17N5O.ClH/c1-11(16-2)9-14-18-15(21-19-14)12-3-5-13(6-4-12)20-8-7-17-10-20;/h3-8,10-11,16H,9H2,1-2H3;1H. The van der Waals surface area contributed by atoms with E-state index in [1.165, 1.54) is 0 Å². The van der Waals surface area contributed by atoms with E-state index in [0.29, 0.717) is 17.8 Å². The molecule has 1 aromatic carbocycles. The van der Waals surface area contributed by atoms with Crippen LogP contribution in [0.3, 0.4) is 0 Å². The third-order valence-corrected chi connectivity index (χ3v) is 3.37. The van der Waals surface area contributed by atoms with Crippen molar-refractivity contribution >= 4 is 12.4 Å². The van der Waals surface area contributed by atoms with Crippen LogP contribution in [0.4, 0.5) is 0 Å². The number of benzene rings is 1. The molecule has 0 aliphatic rings. The van der Waals surface area contributed by atoms with Gasteiger partial charge in [0, 0.05) is 36.1 Å². The van der Waals surface area contributed by atoms with E-state index in [1.807, 2.05) is 42.1 Å². The Hall–Kier alpha value is -2.18. The molecule has 0 radical (unpaired) electrons. The number of likely N-dealkylation sites (N-methyl/N-ethyl adjacent to an activating group) is 1. The first-order valence-electron chi connectivity index (χ1n) is 6.85. The molecule has 7 heteroatoms. The minimum atomic E-state index is 0. The van der Waals surface area contributed by atoms with Gasteiger partial charge in [0.1, 0.15) is 0 Å². The lowest BCUT2D eigenvalue weighted by molar-refractivity contribution is 0.418. The topological polar surface area (TPSA) is 68.8 Å². The largest absolute Gasteiger partial charge is 0.334 e. The van der Waals surface area contributed by atoms with Crippen LogP contribution in [0.25, 0.3) is 17.1 Å². The molecule has 0 saturated carbocycles. The molecule has 1 N–H and O–H groups in total. The van der Waals surface area contributed by atoms with Gasteiger partial charge in [0.25, 0.3) is 5.89 Å². The molecule has 0 amide bonds. The Morgan fingerprint density at radius 3 is 2.68 bits per heavy atom. The zero-order valence-corrected chi connectivity index (χ0v) is 13.2. The first-order valence-corrected chi connectivity index (χ1v) is 6.85. The lowest BCUT2D eigenvalue weighted by Gasteiger charge is -2.04. The van der Waals surface area contributed by atoms with Crippen molar-refractivity contribution in [1.29, 1.82) is 0 Å². The fourth-order valence-corrected chi connectivity index (χ4v) is 2.02. The number of nitrogens with one attached hydrogen (secondary N) is 1. The summed E-state index contributed by atoms with van der Waals surface area (Å²) in [5.74, 6) is 1.26. The Morgan fingerprint density at radius 1 is 1.27 bits per heavy atom. The second-order valence-corrected chi connectivity index (χ2v) is 4.93. The average Bonchev–Trinajstić information content (AvgIpc) is 3.19. The summed E-state index contributed by atoms with van der Waals surface area (Å²) in [6.07, 6.45) is 6.16. The van der Waals surface area contributed by atoms with Gasteiger partial charge in [-0.05, 0) is 38.2 Å². The number of nitrogens with zero attached hydrogens (tertiary/aromatic N) is 4. The van der Waals surface area contributed by atoms with Crippen molar-refractivity contribution in [3.8, 4) is 17.1 Å². The van der Waals surface area contributed by atoms with Gasteiger partial charge >= 0.3 is 0 Å². The molecule has 0 aliphatic carbocycles. The van der Waals surface area contributed by atoms with Crippen molar-refractivity contribution in [3.05, 3.63) is 48.8 Å². The van der Waals surface area contributed by atoms with Gasteiger partial charge in [-0.3, -0.25) is 0 Å². The summed E-state index contributed by atoms with van der Waals surface area (Å²) in [6, 6.07) is 8.25. The Kier molecular flexibility index (Phi) is 5.30. The van der Waals surface area contributed by atoms with Gasteiger partial charge in [-0.2, -0.15) is 4.98 Å². The smallest absolute Gasteiger partial charge is 0.257 e. The number of hydrogen-bond donors (Lipinski definition) is 1. The molecule has 0 saturated heterocycles. The number of imidazole rings is 1. The summed E-state index contributed by atoms with van der Waals surface area (Å²) in [7, 11) is 1.92. The van der Waals surface area contributed by atoms with Crippen molar-refractivity contribution in [3.63, 3.8) is 0 Å². The number of rotatable bonds is 5. The molecule has 6 nitrogen and oxygen atoms in total. The first kappa shape index (κ1) is 16.2. The van der Waals surface area contributed by atoms with Gasteiger partial charge in [-0.1, -0.05) is 5.16 Å². The molecule has 0 fully saturated rings. The molecular weight excluding hydrogens is 302 g/mol. The van der Waals surface area contributed by atoms with E-state index in [-0.39, 0.29) is 12.4 Å². The Morgan fingerprint density at radius 2 is 2.05 bits per heavy atom. The predicted octanol–water partition coefficient (Wildman–Crippen LogP) is 2.49. The summed E-state index contributed by atoms with van der Waals surface area (Å²) in [5.41, 5.74) is 1.95. The van der Waals surface area contributed by atoms with Crippen LogP contribution in [0.1, 0.15) is 12.7 Å². The third kappa shape index (κ3) is 3.52. The molecule has 116 valence electrons. The second kappa shape index (κ2) is 7.20. The first-order chi connectivity index (χ1) is 10.3. The number of aromatic nitrogens is 4. The van der Waals surface area contributed by atoms with Crippen LogP contribution in [0.2, 0.25) is 0 Å². The molecule has 3 rings (SSSR count). The van der Waals surface area contributed by atoms with E-state index in [9.17, 15) is 0 Å². The highest BCUT2D eigenvalue weighted by atomic mass is 35.5. The molecule has 2 heterocycles. The van der Waals surface area contributed by atoms with Gasteiger partial charge < -0.3 is 14.4 Å². The number of hydrogen-bond acceptors (Lipinski definition) is 5. The third-order valence-electron chi connectivity index (χ3n) is 3.37. The van der Waals surface area contributed by atoms with E-state index in [0.717, 1.165) is 17.7 Å². The maximum absolute atomic E-state index is 5.32. The van der Waals surface area contributed by atoms with Crippen molar-refractivity contribution < 1.29 is 4.52 Å². The van der Waals surface area contributed by atoms with Crippen LogP contribution in [0, 0.1) is 0 Å². The average molecular weight is 320 g/mol. The van der Waals surface area contributed by atoms with E-state index in [1.54, 1.807) is 12.5 Å². The molecule has 3 aromatic rings. The summed E-state index contributed by atoms with van der Waals surface area (Å²) >= 11 is 0. The van der Waals surface area contributed by atoms with Gasteiger partial charge in [0.05, 0.1) is 6.33 Å². The predicted molar refractivity (Wildman–Crippen MR) is 86.3 cm³/mol. The quantitative estimate of drug-likeness (QED) is 0.782. The molecule has 2 aromatic heterocycles. The van der Waals surface area contributed by atoms with E-state index in [2.05, 4.69) is 27.4 Å². The minimum absolute atomic E-state index is 0. The van der Waals surface area contributed by atoms with Crippen LogP contribution < -0.4 is 5.32 Å². The molecule has 0 aliphatic heterocycles. The molecule has 0 bridgehead atoms. The van der Waals surface area contributed by atoms with Crippen molar-refractivity contribution in [1.82, 2.24) is 25.0 Å². The van der Waals surface area contributed by atoms with Crippen molar-refractivity contribution in [2.24, 2.45) is 0 Å². The fourth-order valence-electron chi connectivity index (χ4n) is 2.02. The van der Waals surface area contributed by atoms with Crippen LogP contribution in [0.15, 0.2) is 47.5 Å². The van der Waals surface area contributed by atoms with E-state index < -0.39 is 0 Å². The lowest BCUT2D eigenvalue weighted by Crippen LogP contribution is -2.24. The molecule has 0 spiro atoms. The molecule has 1 atom stereocenters. The zero-order valence-electron chi connectivity index (χ0n) is 12.4. The minimum Gasteiger partial charge on any atom is -0.334 e. The van der Waals surface area contributed by atoms with Gasteiger partial charge in [-0.25, -0.2) is 4.98 Å². The summed E-state index contributed by atoms with van der Waals surface area (Å²) in [5, 5.41) is 7.17. The van der Waals surface area contributed by atoms with Crippen LogP contribution in [0.5, 0.6) is 0 Å². The maximum Gasteiger partial charge on any atom is 0.257 e. The SMILES string of the molecule is CNC(C)Cc1noc(-c2ccc(-n3ccnc3)cc2)n1.Cl. The Balaban J connectivity index is 0.00000176. The lowest BCUT2D eigenvalue weighted by atomic mass is 10.2. The highest BCUT2D eigenvalue weighted by Gasteiger charge is 2.11. The number of halogens is 1. The van der Waals surface area contributed by atoms with Crippen LogP contribution >= 0.6 is 12.4 Å². The maximum atomic E-state index is 5.32. The molecular formula is C15H18ClN5O. The molecule has 1 unspecified atom stereocenters. The Bertz CT molecular complexity index is 693. The second-order valence-electron chi connectivity index (χ2n) is 4.93. The molecule has 22 heavy (non-hydrogen) atoms. The zero-order chi connectivity index (χ0) is 14.7. The van der Waals surface area contributed by atoms with Gasteiger partial charge in [0.2, 0.25) is 0 Å².